The summed E-state index contributed by atoms with van der Waals surface area (Å²) in [5.74, 6) is 0.103. The predicted octanol–water partition coefficient (Wildman–Crippen LogP) is 4.05. The number of pyridine rings is 1. The summed E-state index contributed by atoms with van der Waals surface area (Å²) in [5.41, 5.74) is 2.46. The van der Waals surface area contributed by atoms with Crippen molar-refractivity contribution in [2.45, 2.75) is 38.0 Å². The number of aryl methyl sites for hydroxylation is 1. The standard InChI is InChI=1S/C23H25N3O3S/c1-16(2)13-23(28)21-6-4-5-20(25-21)22(27)12-7-17-14-24-26(15-17)18-8-10-19(11-9-18)30(3)29/h4-6,8-11,14-16H,7,12-13H2,1-3H3. The van der Waals surface area contributed by atoms with Crippen molar-refractivity contribution in [2.24, 2.45) is 5.92 Å². The molecule has 0 aliphatic heterocycles. The van der Waals surface area contributed by atoms with Crippen LogP contribution in [0.2, 0.25) is 0 Å². The Labute approximate surface area is 178 Å². The van der Waals surface area contributed by atoms with Crippen LogP contribution in [-0.4, -0.2) is 36.8 Å². The Morgan fingerprint density at radius 2 is 1.70 bits per heavy atom. The number of hydrogen-bond donors (Lipinski definition) is 0. The molecular weight excluding hydrogens is 398 g/mol. The Hall–Kier alpha value is -2.93. The second kappa shape index (κ2) is 9.71. The Bertz CT molecular complexity index is 1070. The average Bonchev–Trinajstić information content (AvgIpc) is 3.20. The van der Waals surface area contributed by atoms with E-state index in [1.54, 1.807) is 35.3 Å². The minimum atomic E-state index is -1.02. The Kier molecular flexibility index (Phi) is 7.05. The van der Waals surface area contributed by atoms with Gasteiger partial charge in [-0.05, 0) is 54.3 Å². The lowest BCUT2D eigenvalue weighted by atomic mass is 10.0. The third kappa shape index (κ3) is 5.57. The number of Topliss-reactive ketones (excluding diaryl/α,β-unsaturated/α-hetero) is 2. The highest BCUT2D eigenvalue weighted by atomic mass is 32.2. The molecule has 0 N–H and O–H groups in total. The number of carbonyl (C=O) groups excluding carboxylic acids is 2. The Balaban J connectivity index is 1.63. The second-order valence-corrected chi connectivity index (χ2v) is 8.97. The topological polar surface area (TPSA) is 81.9 Å². The molecule has 30 heavy (non-hydrogen) atoms. The van der Waals surface area contributed by atoms with Crippen molar-refractivity contribution in [3.8, 4) is 5.69 Å². The van der Waals surface area contributed by atoms with Gasteiger partial charge in [-0.3, -0.25) is 13.8 Å². The van der Waals surface area contributed by atoms with Crippen molar-refractivity contribution < 1.29 is 13.8 Å². The van der Waals surface area contributed by atoms with E-state index in [1.807, 2.05) is 44.3 Å². The number of nitrogens with zero attached hydrogens (tertiary/aromatic N) is 3. The summed E-state index contributed by atoms with van der Waals surface area (Å²) in [6.07, 6.45) is 6.48. The Morgan fingerprint density at radius 3 is 2.33 bits per heavy atom. The summed E-state index contributed by atoms with van der Waals surface area (Å²) in [6.45, 7) is 3.96. The first-order valence-electron chi connectivity index (χ1n) is 9.84. The van der Waals surface area contributed by atoms with Crippen LogP contribution in [0.4, 0.5) is 0 Å². The first-order valence-corrected chi connectivity index (χ1v) is 11.4. The van der Waals surface area contributed by atoms with E-state index in [1.165, 1.54) is 0 Å². The number of benzene rings is 1. The van der Waals surface area contributed by atoms with Gasteiger partial charge >= 0.3 is 0 Å². The third-order valence-corrected chi connectivity index (χ3v) is 5.56. The highest BCUT2D eigenvalue weighted by molar-refractivity contribution is 7.84. The molecule has 6 nitrogen and oxygen atoms in total. The summed E-state index contributed by atoms with van der Waals surface area (Å²) >= 11 is 0. The Morgan fingerprint density at radius 1 is 1.03 bits per heavy atom. The fraction of sp³-hybridized carbons (Fsp3) is 0.304. The molecule has 156 valence electrons. The van der Waals surface area contributed by atoms with Crippen molar-refractivity contribution in [3.63, 3.8) is 0 Å². The fourth-order valence-corrected chi connectivity index (χ4v) is 3.55. The van der Waals surface area contributed by atoms with E-state index in [4.69, 9.17) is 0 Å². The van der Waals surface area contributed by atoms with Crippen LogP contribution >= 0.6 is 0 Å². The van der Waals surface area contributed by atoms with Gasteiger partial charge in [0.1, 0.15) is 11.4 Å². The van der Waals surface area contributed by atoms with E-state index in [9.17, 15) is 13.8 Å². The maximum atomic E-state index is 12.6. The number of carbonyl (C=O) groups is 2. The van der Waals surface area contributed by atoms with Crippen molar-refractivity contribution in [1.82, 2.24) is 14.8 Å². The normalized spacial score (nSPS) is 12.1. The van der Waals surface area contributed by atoms with Gasteiger partial charge in [0, 0.05) is 41.0 Å². The van der Waals surface area contributed by atoms with Gasteiger partial charge in [-0.2, -0.15) is 5.10 Å². The van der Waals surface area contributed by atoms with Crippen LogP contribution in [0, 0.1) is 5.92 Å². The highest BCUT2D eigenvalue weighted by Gasteiger charge is 2.14. The molecule has 0 aliphatic carbocycles. The van der Waals surface area contributed by atoms with Gasteiger partial charge in [0.15, 0.2) is 11.6 Å². The third-order valence-electron chi connectivity index (χ3n) is 4.62. The molecule has 0 amide bonds. The molecule has 2 aromatic heterocycles. The van der Waals surface area contributed by atoms with Gasteiger partial charge in [0.2, 0.25) is 0 Å². The van der Waals surface area contributed by atoms with Gasteiger partial charge in [-0.1, -0.05) is 19.9 Å². The van der Waals surface area contributed by atoms with Crippen LogP contribution in [-0.2, 0) is 17.2 Å². The molecule has 1 unspecified atom stereocenters. The van der Waals surface area contributed by atoms with Crippen LogP contribution in [0.3, 0.4) is 0 Å². The van der Waals surface area contributed by atoms with Gasteiger partial charge in [0.25, 0.3) is 0 Å². The zero-order chi connectivity index (χ0) is 21.7. The summed E-state index contributed by atoms with van der Waals surface area (Å²) in [5, 5.41) is 4.35. The van der Waals surface area contributed by atoms with E-state index < -0.39 is 10.8 Å². The lowest BCUT2D eigenvalue weighted by molar-refractivity contribution is 0.0962. The second-order valence-electron chi connectivity index (χ2n) is 7.59. The maximum absolute atomic E-state index is 12.6. The van der Waals surface area contributed by atoms with Crippen molar-refractivity contribution in [1.29, 1.82) is 0 Å². The van der Waals surface area contributed by atoms with Crippen LogP contribution < -0.4 is 0 Å². The molecule has 0 saturated carbocycles. The lowest BCUT2D eigenvalue weighted by Crippen LogP contribution is -2.10. The monoisotopic (exact) mass is 423 g/mol. The van der Waals surface area contributed by atoms with Crippen molar-refractivity contribution in [3.05, 3.63) is 71.8 Å². The summed E-state index contributed by atoms with van der Waals surface area (Å²) in [6, 6.07) is 12.4. The SMILES string of the molecule is CC(C)CC(=O)c1cccc(C(=O)CCc2cnn(-c3ccc(S(C)=O)cc3)c2)n1. The van der Waals surface area contributed by atoms with E-state index in [-0.39, 0.29) is 23.9 Å². The quantitative estimate of drug-likeness (QED) is 0.485. The molecule has 1 atom stereocenters. The molecule has 1 aromatic carbocycles. The zero-order valence-corrected chi connectivity index (χ0v) is 18.2. The summed E-state index contributed by atoms with van der Waals surface area (Å²) < 4.78 is 13.2. The first kappa shape index (κ1) is 21.8. The van der Waals surface area contributed by atoms with Crippen molar-refractivity contribution in [2.75, 3.05) is 6.26 Å². The number of hydrogen-bond acceptors (Lipinski definition) is 5. The number of aromatic nitrogens is 3. The lowest BCUT2D eigenvalue weighted by Gasteiger charge is -2.05. The molecule has 0 bridgehead atoms. The van der Waals surface area contributed by atoms with Crippen LogP contribution in [0.5, 0.6) is 0 Å². The maximum Gasteiger partial charge on any atom is 0.181 e. The molecule has 0 saturated heterocycles. The van der Waals surface area contributed by atoms with Gasteiger partial charge in [0.05, 0.1) is 11.9 Å². The van der Waals surface area contributed by atoms with E-state index in [0.29, 0.717) is 24.2 Å². The molecule has 0 spiro atoms. The van der Waals surface area contributed by atoms with Crippen LogP contribution in [0.25, 0.3) is 5.69 Å². The minimum absolute atomic E-state index is 0.0427. The van der Waals surface area contributed by atoms with Crippen LogP contribution in [0.1, 0.15) is 53.2 Å². The number of rotatable bonds is 9. The molecule has 0 radical (unpaired) electrons. The van der Waals surface area contributed by atoms with Crippen LogP contribution in [0.15, 0.2) is 59.8 Å². The van der Waals surface area contributed by atoms with Gasteiger partial charge in [-0.25, -0.2) is 9.67 Å². The van der Waals surface area contributed by atoms with Gasteiger partial charge in [-0.15, -0.1) is 0 Å². The molecular formula is C23H25N3O3S. The van der Waals surface area contributed by atoms with Gasteiger partial charge < -0.3 is 0 Å². The summed E-state index contributed by atoms with van der Waals surface area (Å²) in [7, 11) is -1.02. The molecule has 0 aliphatic rings. The molecule has 0 fully saturated rings. The minimum Gasteiger partial charge on any atom is -0.292 e. The summed E-state index contributed by atoms with van der Waals surface area (Å²) in [4.78, 5) is 29.8. The first-order chi connectivity index (χ1) is 14.3. The van der Waals surface area contributed by atoms with E-state index in [2.05, 4.69) is 10.1 Å². The van der Waals surface area contributed by atoms with E-state index in [0.717, 1.165) is 16.1 Å². The highest BCUT2D eigenvalue weighted by Crippen LogP contribution is 2.14. The largest absolute Gasteiger partial charge is 0.292 e. The molecule has 3 rings (SSSR count). The molecule has 2 heterocycles. The number of ketones is 2. The van der Waals surface area contributed by atoms with E-state index >= 15 is 0 Å². The molecule has 3 aromatic rings. The average molecular weight is 424 g/mol. The smallest absolute Gasteiger partial charge is 0.181 e. The predicted molar refractivity (Wildman–Crippen MR) is 117 cm³/mol. The fourth-order valence-electron chi connectivity index (χ4n) is 3.03. The zero-order valence-electron chi connectivity index (χ0n) is 17.4. The van der Waals surface area contributed by atoms with Crippen molar-refractivity contribution >= 4 is 22.4 Å². The molecule has 7 heteroatoms.